The minimum Gasteiger partial charge on any atom is -0.445 e. The number of carbonyl (C=O) groups is 2. The molecular formula is C44H43N5O8S. The van der Waals surface area contributed by atoms with Crippen LogP contribution in [0.15, 0.2) is 140 Å². The number of amides is 2. The van der Waals surface area contributed by atoms with Gasteiger partial charge < -0.3 is 14.4 Å². The van der Waals surface area contributed by atoms with Crippen LogP contribution in [0, 0.1) is 20.2 Å². The molecule has 58 heavy (non-hydrogen) atoms. The molecule has 0 radical (unpaired) electrons. The predicted molar refractivity (Wildman–Crippen MR) is 220 cm³/mol. The molecule has 298 valence electrons. The highest BCUT2D eigenvalue weighted by molar-refractivity contribution is 8.01. The number of ether oxygens (including phenoxy) is 2. The molecule has 13 nitrogen and oxygen atoms in total. The Hall–Kier alpha value is -6.25. The van der Waals surface area contributed by atoms with Crippen LogP contribution < -0.4 is 0 Å². The summed E-state index contributed by atoms with van der Waals surface area (Å²) >= 11 is 1.82. The Morgan fingerprint density at radius 1 is 0.655 bits per heavy atom. The fourth-order valence-corrected chi connectivity index (χ4v) is 9.83. The minimum atomic E-state index is -0.797. The van der Waals surface area contributed by atoms with Gasteiger partial charge in [0.1, 0.15) is 13.2 Å². The first-order valence-electron chi connectivity index (χ1n) is 19.0. The van der Waals surface area contributed by atoms with Crippen LogP contribution in [0.25, 0.3) is 0 Å². The fraction of sp³-hybridized carbons (Fsp3) is 0.273. The van der Waals surface area contributed by atoms with Crippen molar-refractivity contribution in [3.63, 3.8) is 0 Å². The third kappa shape index (κ3) is 8.53. The summed E-state index contributed by atoms with van der Waals surface area (Å²) in [6.07, 6.45) is -0.386. The number of nitro groups is 2. The van der Waals surface area contributed by atoms with Gasteiger partial charge >= 0.3 is 12.2 Å². The highest BCUT2D eigenvalue weighted by Gasteiger charge is 2.53. The number of rotatable bonds is 12. The molecule has 7 rings (SSSR count). The Bertz CT molecular complexity index is 2110. The summed E-state index contributed by atoms with van der Waals surface area (Å²) in [6.45, 7) is 4.01. The van der Waals surface area contributed by atoms with E-state index in [9.17, 15) is 29.8 Å². The molecule has 2 atom stereocenters. The van der Waals surface area contributed by atoms with Crippen LogP contribution in [0.3, 0.4) is 0 Å². The van der Waals surface area contributed by atoms with Gasteiger partial charge in [0.05, 0.1) is 20.3 Å². The van der Waals surface area contributed by atoms with Gasteiger partial charge in [-0.05, 0) is 65.4 Å². The molecule has 0 aromatic heterocycles. The lowest BCUT2D eigenvalue weighted by Crippen LogP contribution is -2.62. The molecule has 2 amide bonds. The summed E-state index contributed by atoms with van der Waals surface area (Å²) in [7, 11) is 0. The van der Waals surface area contributed by atoms with Crippen LogP contribution in [0.1, 0.15) is 41.2 Å². The highest BCUT2D eigenvalue weighted by Crippen LogP contribution is 2.53. The first kappa shape index (κ1) is 40.0. The summed E-state index contributed by atoms with van der Waals surface area (Å²) in [5, 5.41) is 22.2. The van der Waals surface area contributed by atoms with Gasteiger partial charge in [-0.3, -0.25) is 30.0 Å². The molecule has 5 aromatic rings. The number of piperazine rings is 1. The number of thioether (sulfide) groups is 1. The zero-order valence-electron chi connectivity index (χ0n) is 31.9. The monoisotopic (exact) mass is 801 g/mol. The number of hydrogen-bond acceptors (Lipinski definition) is 10. The van der Waals surface area contributed by atoms with Crippen LogP contribution in [0.4, 0.5) is 21.0 Å². The maximum absolute atomic E-state index is 14.3. The summed E-state index contributed by atoms with van der Waals surface area (Å²) in [5.74, 6) is 0. The van der Waals surface area contributed by atoms with Gasteiger partial charge in [0.25, 0.3) is 11.4 Å². The first-order valence-corrected chi connectivity index (χ1v) is 19.9. The van der Waals surface area contributed by atoms with E-state index < -0.39 is 32.4 Å². The summed E-state index contributed by atoms with van der Waals surface area (Å²) in [6, 6.07) is 43.1. The number of nitro benzene ring substituents is 2. The molecule has 14 heteroatoms. The highest BCUT2D eigenvalue weighted by atomic mass is 32.2. The van der Waals surface area contributed by atoms with Gasteiger partial charge in [-0.25, -0.2) is 9.59 Å². The molecular weight excluding hydrogens is 759 g/mol. The standard InChI is InChI=1S/C44H43N5O8S/c1-43(46-27-25-45(26-28-46)41(50)56-31-33-17-21-38(22-18-33)48(52)53)29-40(30-47(43)42(51)57-32-34-19-23-39(24-20-34)49(54)55)58-44(35-11-5-2-6-12-35,36-13-7-3-8-14-36)37-15-9-4-10-16-37/h2-24,40H,25-32H2,1H3/t40-,43-/m0/s1. The fourth-order valence-electron chi connectivity index (χ4n) is 7.89. The van der Waals surface area contributed by atoms with E-state index in [-0.39, 0.29) is 29.8 Å². The molecule has 0 unspecified atom stereocenters. The Morgan fingerprint density at radius 2 is 1.07 bits per heavy atom. The second kappa shape index (κ2) is 17.5. The number of carbonyl (C=O) groups excluding carboxylic acids is 2. The van der Waals surface area contributed by atoms with Gasteiger partial charge in [0.15, 0.2) is 0 Å². The Balaban J connectivity index is 1.14. The number of non-ortho nitro benzene ring substituents is 2. The van der Waals surface area contributed by atoms with Crippen molar-refractivity contribution in [1.82, 2.24) is 14.7 Å². The number of nitrogens with zero attached hydrogens (tertiary/aromatic N) is 5. The van der Waals surface area contributed by atoms with E-state index in [1.165, 1.54) is 24.3 Å². The lowest BCUT2D eigenvalue weighted by atomic mass is 9.84. The quantitative estimate of drug-likeness (QED) is 0.0682. The van der Waals surface area contributed by atoms with Crippen molar-refractivity contribution in [3.8, 4) is 0 Å². The van der Waals surface area contributed by atoms with Crippen molar-refractivity contribution >= 4 is 35.3 Å². The molecule has 2 heterocycles. The minimum absolute atomic E-state index is 0.0198. The van der Waals surface area contributed by atoms with Crippen molar-refractivity contribution in [2.24, 2.45) is 0 Å². The van der Waals surface area contributed by atoms with Crippen molar-refractivity contribution < 1.29 is 28.9 Å². The van der Waals surface area contributed by atoms with Crippen LogP contribution in [0.5, 0.6) is 0 Å². The molecule has 2 saturated heterocycles. The van der Waals surface area contributed by atoms with Crippen LogP contribution >= 0.6 is 11.8 Å². The topological polar surface area (TPSA) is 149 Å². The maximum Gasteiger partial charge on any atom is 0.411 e. The van der Waals surface area contributed by atoms with Gasteiger partial charge in [-0.2, -0.15) is 0 Å². The molecule has 5 aromatic carbocycles. The van der Waals surface area contributed by atoms with Gasteiger partial charge in [-0.1, -0.05) is 91.0 Å². The second-order valence-corrected chi connectivity index (χ2v) is 16.0. The molecule has 0 N–H and O–H groups in total. The van der Waals surface area contributed by atoms with Crippen LogP contribution in [-0.2, 0) is 27.4 Å². The van der Waals surface area contributed by atoms with Gasteiger partial charge in [0.2, 0.25) is 0 Å². The second-order valence-electron chi connectivity index (χ2n) is 14.5. The van der Waals surface area contributed by atoms with E-state index in [1.54, 1.807) is 34.1 Å². The summed E-state index contributed by atoms with van der Waals surface area (Å²) in [5.41, 5.74) is 3.72. The van der Waals surface area contributed by atoms with E-state index >= 15 is 0 Å². The van der Waals surface area contributed by atoms with E-state index in [0.29, 0.717) is 50.3 Å². The molecule has 2 aliphatic rings. The van der Waals surface area contributed by atoms with E-state index in [1.807, 2.05) is 66.4 Å². The molecule has 0 spiro atoms. The lowest BCUT2D eigenvalue weighted by Gasteiger charge is -2.47. The zero-order valence-corrected chi connectivity index (χ0v) is 32.7. The SMILES string of the molecule is C[C@@]1(N2CCN(C(=O)OCc3ccc([N+](=O)[O-])cc3)CC2)C[C@H](SC(c2ccccc2)(c2ccccc2)c2ccccc2)CN1C(=O)OCc1ccc([N+](=O)[O-])cc1. The van der Waals surface area contributed by atoms with E-state index in [4.69, 9.17) is 9.47 Å². The van der Waals surface area contributed by atoms with Crippen molar-refractivity contribution in [2.45, 2.75) is 42.2 Å². The van der Waals surface area contributed by atoms with Crippen molar-refractivity contribution in [3.05, 3.63) is 188 Å². The van der Waals surface area contributed by atoms with Crippen molar-refractivity contribution in [1.29, 1.82) is 0 Å². The molecule has 0 bridgehead atoms. The van der Waals surface area contributed by atoms with Gasteiger partial charge in [-0.15, -0.1) is 11.8 Å². The summed E-state index contributed by atoms with van der Waals surface area (Å²) < 4.78 is 10.9. The average Bonchev–Trinajstić information content (AvgIpc) is 3.61. The third-order valence-electron chi connectivity index (χ3n) is 10.9. The lowest BCUT2D eigenvalue weighted by molar-refractivity contribution is -0.385. The largest absolute Gasteiger partial charge is 0.445 e. The molecule has 0 saturated carbocycles. The zero-order chi connectivity index (χ0) is 40.7. The normalized spacial score (nSPS) is 18.4. The van der Waals surface area contributed by atoms with Crippen molar-refractivity contribution in [2.75, 3.05) is 32.7 Å². The molecule has 2 aliphatic heterocycles. The number of hydrogen-bond donors (Lipinski definition) is 0. The Morgan fingerprint density at radius 3 is 1.48 bits per heavy atom. The number of likely N-dealkylation sites (tertiary alicyclic amines) is 1. The smallest absolute Gasteiger partial charge is 0.411 e. The maximum atomic E-state index is 14.3. The third-order valence-corrected chi connectivity index (χ3v) is 12.6. The number of benzene rings is 5. The average molecular weight is 802 g/mol. The first-order chi connectivity index (χ1) is 28.1. The predicted octanol–water partition coefficient (Wildman–Crippen LogP) is 8.61. The molecule has 0 aliphatic carbocycles. The van der Waals surface area contributed by atoms with Crippen LogP contribution in [-0.4, -0.2) is 80.4 Å². The Labute approximate surface area is 340 Å². The van der Waals surface area contributed by atoms with Gasteiger partial charge in [0, 0.05) is 62.2 Å². The molecule has 2 fully saturated rings. The van der Waals surface area contributed by atoms with Crippen LogP contribution in [0.2, 0.25) is 0 Å². The Kier molecular flexibility index (Phi) is 12.1. The summed E-state index contributed by atoms with van der Waals surface area (Å²) in [4.78, 5) is 54.4. The van der Waals surface area contributed by atoms with E-state index in [2.05, 4.69) is 48.2 Å². The van der Waals surface area contributed by atoms with E-state index in [0.717, 1.165) is 16.7 Å².